The van der Waals surface area contributed by atoms with Crippen LogP contribution in [0.25, 0.3) is 44.3 Å². The molecule has 2 heteroatoms. The highest BCUT2D eigenvalue weighted by Gasteiger charge is 2.13. The lowest BCUT2D eigenvalue weighted by atomic mass is 9.88. The van der Waals surface area contributed by atoms with Crippen LogP contribution in [0.2, 0.25) is 0 Å². The fourth-order valence-electron chi connectivity index (χ4n) is 4.10. The van der Waals surface area contributed by atoms with Gasteiger partial charge in [-0.25, -0.2) is 0 Å². The van der Waals surface area contributed by atoms with Crippen molar-refractivity contribution in [2.45, 2.75) is 27.2 Å². The van der Waals surface area contributed by atoms with E-state index in [0.29, 0.717) is 0 Å². The molecule has 0 bridgehead atoms. The lowest BCUT2D eigenvalue weighted by Gasteiger charge is -2.18. The number of nitrogens with zero attached hydrogens (tertiary/aromatic N) is 1. The normalized spacial score (nSPS) is 12.0. The van der Waals surface area contributed by atoms with Crippen molar-refractivity contribution in [1.29, 1.82) is 0 Å². The van der Waals surface area contributed by atoms with Gasteiger partial charge in [-0.15, -0.1) is 0 Å². The summed E-state index contributed by atoms with van der Waals surface area (Å²) in [6.07, 6.45) is 2.93. The Labute approximate surface area is 177 Å². The minimum atomic E-state index is 0.248. The van der Waals surface area contributed by atoms with Crippen molar-refractivity contribution >= 4 is 21.9 Å². The topological polar surface area (TPSA) is 26.0 Å². The van der Waals surface area contributed by atoms with Crippen LogP contribution < -0.4 is 0 Å². The minimum absolute atomic E-state index is 0.248. The Morgan fingerprint density at radius 2 is 1.37 bits per heavy atom. The molecule has 5 rings (SSSR count). The van der Waals surface area contributed by atoms with E-state index in [-0.39, 0.29) is 5.41 Å². The number of hydrogen-bond donors (Lipinski definition) is 0. The molecule has 0 atom stereocenters. The molecule has 0 aliphatic carbocycles. The predicted octanol–water partition coefficient (Wildman–Crippen LogP) is 7.90. The van der Waals surface area contributed by atoms with Crippen LogP contribution in [0, 0.1) is 5.41 Å². The van der Waals surface area contributed by atoms with Gasteiger partial charge in [0.05, 0.1) is 5.69 Å². The van der Waals surface area contributed by atoms with Crippen molar-refractivity contribution in [3.8, 4) is 22.4 Å². The summed E-state index contributed by atoms with van der Waals surface area (Å²) in [5.41, 5.74) is 7.81. The van der Waals surface area contributed by atoms with Crippen LogP contribution in [0.3, 0.4) is 0 Å². The Morgan fingerprint density at radius 3 is 2.07 bits per heavy atom. The van der Waals surface area contributed by atoms with E-state index >= 15 is 0 Å². The van der Waals surface area contributed by atoms with E-state index in [1.165, 1.54) is 16.7 Å². The van der Waals surface area contributed by atoms with E-state index in [9.17, 15) is 0 Å². The quantitative estimate of drug-likeness (QED) is 0.312. The number of aromatic nitrogens is 1. The zero-order valence-corrected chi connectivity index (χ0v) is 17.6. The van der Waals surface area contributed by atoms with Crippen molar-refractivity contribution in [2.24, 2.45) is 5.41 Å². The number of rotatable bonds is 3. The van der Waals surface area contributed by atoms with Gasteiger partial charge < -0.3 is 4.42 Å². The molecule has 0 fully saturated rings. The van der Waals surface area contributed by atoms with Gasteiger partial charge in [-0.1, -0.05) is 63.2 Å². The summed E-state index contributed by atoms with van der Waals surface area (Å²) in [7, 11) is 0. The second kappa shape index (κ2) is 7.14. The molecule has 3 aromatic carbocycles. The highest BCUT2D eigenvalue weighted by atomic mass is 16.3. The number of hydrogen-bond acceptors (Lipinski definition) is 2. The SMILES string of the molecule is CC(C)(C)Cc1ccnc(-c2ccc3c(c2)oc2cc(-c4ccccc4)ccc23)c1. The van der Waals surface area contributed by atoms with Crippen LogP contribution in [0.5, 0.6) is 0 Å². The number of fused-ring (bicyclic) bond motifs is 3. The molecule has 0 saturated carbocycles. The molecule has 0 amide bonds. The van der Waals surface area contributed by atoms with Crippen LogP contribution in [-0.2, 0) is 6.42 Å². The summed E-state index contributed by atoms with van der Waals surface area (Å²) in [4.78, 5) is 4.61. The second-order valence-electron chi connectivity index (χ2n) is 9.18. The monoisotopic (exact) mass is 391 g/mol. The van der Waals surface area contributed by atoms with Gasteiger partial charge in [0.25, 0.3) is 0 Å². The van der Waals surface area contributed by atoms with E-state index in [4.69, 9.17) is 4.42 Å². The van der Waals surface area contributed by atoms with Crippen molar-refractivity contribution in [3.63, 3.8) is 0 Å². The molecule has 0 saturated heterocycles. The molecule has 5 aromatic rings. The summed E-state index contributed by atoms with van der Waals surface area (Å²) in [5, 5.41) is 2.28. The fraction of sp³-hybridized carbons (Fsp3) is 0.179. The first-order chi connectivity index (χ1) is 14.5. The van der Waals surface area contributed by atoms with Crippen LogP contribution in [0.1, 0.15) is 26.3 Å². The number of pyridine rings is 1. The first kappa shape index (κ1) is 18.6. The van der Waals surface area contributed by atoms with E-state index in [1.807, 2.05) is 12.3 Å². The molecule has 148 valence electrons. The predicted molar refractivity (Wildman–Crippen MR) is 126 cm³/mol. The Hall–Kier alpha value is -3.39. The first-order valence-electron chi connectivity index (χ1n) is 10.4. The summed E-state index contributed by atoms with van der Waals surface area (Å²) >= 11 is 0. The largest absolute Gasteiger partial charge is 0.456 e. The second-order valence-corrected chi connectivity index (χ2v) is 9.18. The first-order valence-corrected chi connectivity index (χ1v) is 10.4. The molecule has 0 spiro atoms. The molecule has 0 N–H and O–H groups in total. The van der Waals surface area contributed by atoms with Gasteiger partial charge >= 0.3 is 0 Å². The van der Waals surface area contributed by atoms with Crippen LogP contribution >= 0.6 is 0 Å². The molecule has 0 unspecified atom stereocenters. The van der Waals surface area contributed by atoms with Crippen molar-refractivity contribution in [1.82, 2.24) is 4.98 Å². The minimum Gasteiger partial charge on any atom is -0.456 e. The maximum Gasteiger partial charge on any atom is 0.136 e. The molecule has 0 aliphatic rings. The third-order valence-electron chi connectivity index (χ3n) is 5.44. The molecular formula is C28H25NO. The lowest BCUT2D eigenvalue weighted by Crippen LogP contribution is -2.09. The molecule has 2 aromatic heterocycles. The van der Waals surface area contributed by atoms with Crippen LogP contribution in [-0.4, -0.2) is 4.98 Å². The highest BCUT2D eigenvalue weighted by molar-refractivity contribution is 6.06. The van der Waals surface area contributed by atoms with Gasteiger partial charge in [-0.2, -0.15) is 0 Å². The van der Waals surface area contributed by atoms with E-state index in [0.717, 1.165) is 39.6 Å². The van der Waals surface area contributed by atoms with Gasteiger partial charge in [0, 0.05) is 22.5 Å². The molecule has 30 heavy (non-hydrogen) atoms. The average molecular weight is 392 g/mol. The summed E-state index contributed by atoms with van der Waals surface area (Å²) in [6.45, 7) is 6.78. The maximum atomic E-state index is 6.26. The van der Waals surface area contributed by atoms with Gasteiger partial charge in [0.15, 0.2) is 0 Å². The summed E-state index contributed by atoms with van der Waals surface area (Å²) in [5.74, 6) is 0. The smallest absolute Gasteiger partial charge is 0.136 e. The van der Waals surface area contributed by atoms with Gasteiger partial charge in [-0.05, 0) is 64.9 Å². The maximum absolute atomic E-state index is 6.26. The number of furan rings is 1. The van der Waals surface area contributed by atoms with Gasteiger partial charge in [0.1, 0.15) is 11.2 Å². The summed E-state index contributed by atoms with van der Waals surface area (Å²) in [6, 6.07) is 27.6. The highest BCUT2D eigenvalue weighted by Crippen LogP contribution is 2.34. The third-order valence-corrected chi connectivity index (χ3v) is 5.44. The Balaban J connectivity index is 1.56. The molecular weight excluding hydrogens is 366 g/mol. The average Bonchev–Trinajstić information content (AvgIpc) is 3.10. The lowest BCUT2D eigenvalue weighted by molar-refractivity contribution is 0.411. The van der Waals surface area contributed by atoms with Crippen molar-refractivity contribution in [3.05, 3.63) is 90.6 Å². The zero-order valence-electron chi connectivity index (χ0n) is 17.6. The standard InChI is InChI=1S/C28H25NO/c1-28(2,3)18-19-13-14-29-25(15-19)22-10-12-24-23-11-9-21(20-7-5-4-6-8-20)16-26(23)30-27(24)17-22/h4-17H,18H2,1-3H3. The fourth-order valence-corrected chi connectivity index (χ4v) is 4.10. The Bertz CT molecular complexity index is 1340. The zero-order chi connectivity index (χ0) is 20.7. The Kier molecular flexibility index (Phi) is 4.43. The summed E-state index contributed by atoms with van der Waals surface area (Å²) < 4.78 is 6.26. The van der Waals surface area contributed by atoms with Crippen molar-refractivity contribution < 1.29 is 4.42 Å². The van der Waals surface area contributed by atoms with Crippen LogP contribution in [0.4, 0.5) is 0 Å². The van der Waals surface area contributed by atoms with Crippen LogP contribution in [0.15, 0.2) is 89.5 Å². The van der Waals surface area contributed by atoms with E-state index < -0.39 is 0 Å². The molecule has 0 aliphatic heterocycles. The van der Waals surface area contributed by atoms with Gasteiger partial charge in [0.2, 0.25) is 0 Å². The third kappa shape index (κ3) is 3.61. The molecule has 2 nitrogen and oxygen atoms in total. The van der Waals surface area contributed by atoms with E-state index in [1.54, 1.807) is 0 Å². The molecule has 2 heterocycles. The van der Waals surface area contributed by atoms with Crippen molar-refractivity contribution in [2.75, 3.05) is 0 Å². The van der Waals surface area contributed by atoms with E-state index in [2.05, 4.69) is 98.6 Å². The molecule has 0 radical (unpaired) electrons. The Morgan fingerprint density at radius 1 is 0.700 bits per heavy atom. The number of benzene rings is 3. The van der Waals surface area contributed by atoms with Gasteiger partial charge in [-0.3, -0.25) is 4.98 Å².